The molecule has 8 heteroatoms. The molecule has 0 aliphatic heterocycles. The number of nitrogens with one attached hydrogen (secondary N) is 1. The van der Waals surface area contributed by atoms with E-state index in [9.17, 15) is 8.42 Å². The predicted molar refractivity (Wildman–Crippen MR) is 88.2 cm³/mol. The van der Waals surface area contributed by atoms with Gasteiger partial charge in [0.1, 0.15) is 10.7 Å². The van der Waals surface area contributed by atoms with Gasteiger partial charge in [0, 0.05) is 17.5 Å². The lowest BCUT2D eigenvalue weighted by Gasteiger charge is -2.35. The number of halogens is 1. The lowest BCUT2D eigenvalue weighted by molar-refractivity contribution is 0.395. The Morgan fingerprint density at radius 3 is 2.67 bits per heavy atom. The third kappa shape index (κ3) is 4.03. The van der Waals surface area contributed by atoms with Crippen molar-refractivity contribution in [2.75, 3.05) is 18.5 Å². The molecule has 1 fully saturated rings. The first-order valence-electron chi connectivity index (χ1n) is 6.84. The summed E-state index contributed by atoms with van der Waals surface area (Å²) in [4.78, 5) is 3.85. The van der Waals surface area contributed by atoms with E-state index in [1.54, 1.807) is 11.8 Å². The molecule has 1 heterocycles. The van der Waals surface area contributed by atoms with Crippen molar-refractivity contribution in [2.24, 2.45) is 0 Å². The number of thioether (sulfide) groups is 1. The Morgan fingerprint density at radius 2 is 2.10 bits per heavy atom. The molecule has 1 saturated carbocycles. The van der Waals surface area contributed by atoms with Gasteiger partial charge in [-0.25, -0.2) is 18.1 Å². The quantitative estimate of drug-likeness (QED) is 0.853. The summed E-state index contributed by atoms with van der Waals surface area (Å²) in [5.41, 5.74) is 5.50. The maximum atomic E-state index is 12.3. The molecule has 3 N–H and O–H groups in total. The zero-order valence-electron chi connectivity index (χ0n) is 11.9. The van der Waals surface area contributed by atoms with Crippen molar-refractivity contribution in [1.82, 2.24) is 9.71 Å². The van der Waals surface area contributed by atoms with Gasteiger partial charge in [0.25, 0.3) is 0 Å². The Hall–Kier alpha value is -0.500. The van der Waals surface area contributed by atoms with Gasteiger partial charge in [-0.15, -0.1) is 0 Å². The number of rotatable bonds is 5. The summed E-state index contributed by atoms with van der Waals surface area (Å²) in [6.07, 6.45) is 8.88. The van der Waals surface area contributed by atoms with Gasteiger partial charge in [-0.3, -0.25) is 0 Å². The van der Waals surface area contributed by atoms with Gasteiger partial charge in [0.15, 0.2) is 0 Å². The number of hydrogen-bond donors (Lipinski definition) is 2. The number of sulfonamides is 1. The molecule has 0 bridgehead atoms. The third-order valence-electron chi connectivity index (χ3n) is 3.94. The molecule has 1 aromatic heterocycles. The minimum atomic E-state index is -3.61. The van der Waals surface area contributed by atoms with Crippen LogP contribution in [0, 0.1) is 0 Å². The summed E-state index contributed by atoms with van der Waals surface area (Å²) < 4.78 is 27.4. The largest absolute Gasteiger partial charge is 0.382 e. The van der Waals surface area contributed by atoms with Crippen LogP contribution in [0.5, 0.6) is 0 Å². The van der Waals surface area contributed by atoms with E-state index < -0.39 is 10.0 Å². The van der Waals surface area contributed by atoms with E-state index in [4.69, 9.17) is 17.3 Å². The standard InChI is InChI=1S/C13H20ClN3O2S2/c1-20-13(5-3-2-4-6-13)9-17-21(18,19)10-7-11(14)12(15)16-8-10/h7-8,17H,2-6,9H2,1H3,(H2,15,16). The van der Waals surface area contributed by atoms with Crippen LogP contribution in [0.25, 0.3) is 0 Å². The molecule has 0 atom stereocenters. The van der Waals surface area contributed by atoms with E-state index in [-0.39, 0.29) is 20.5 Å². The van der Waals surface area contributed by atoms with Crippen LogP contribution in [0.1, 0.15) is 32.1 Å². The van der Waals surface area contributed by atoms with Gasteiger partial charge in [-0.1, -0.05) is 30.9 Å². The van der Waals surface area contributed by atoms with Crippen LogP contribution in [0.4, 0.5) is 5.82 Å². The fourth-order valence-corrected chi connectivity index (χ4v) is 4.87. The molecule has 1 aromatic rings. The van der Waals surface area contributed by atoms with Gasteiger partial charge >= 0.3 is 0 Å². The molecule has 0 radical (unpaired) electrons. The number of pyridine rings is 1. The molecule has 0 aromatic carbocycles. The lowest BCUT2D eigenvalue weighted by atomic mass is 9.88. The van der Waals surface area contributed by atoms with Crippen LogP contribution in [0.15, 0.2) is 17.2 Å². The molecule has 0 amide bonds. The Morgan fingerprint density at radius 1 is 1.43 bits per heavy atom. The summed E-state index contributed by atoms with van der Waals surface area (Å²) in [5, 5.41) is 0.148. The van der Waals surface area contributed by atoms with Crippen LogP contribution in [0.3, 0.4) is 0 Å². The van der Waals surface area contributed by atoms with Gasteiger partial charge in [0.05, 0.1) is 5.02 Å². The van der Waals surface area contributed by atoms with Crippen molar-refractivity contribution in [3.63, 3.8) is 0 Å². The molecule has 0 saturated heterocycles. The number of nitrogen functional groups attached to an aromatic ring is 1. The molecule has 0 spiro atoms. The Kier molecular flexibility index (Phi) is 5.40. The Labute approximate surface area is 135 Å². The predicted octanol–water partition coefficient (Wildman–Crippen LogP) is 2.66. The summed E-state index contributed by atoms with van der Waals surface area (Å²) in [6, 6.07) is 1.33. The van der Waals surface area contributed by atoms with Crippen LogP contribution in [-0.4, -0.2) is 30.9 Å². The van der Waals surface area contributed by atoms with E-state index in [0.717, 1.165) is 25.7 Å². The highest BCUT2D eigenvalue weighted by molar-refractivity contribution is 8.00. The van der Waals surface area contributed by atoms with Crippen molar-refractivity contribution in [2.45, 2.75) is 41.7 Å². The SMILES string of the molecule is CSC1(CNS(=O)(=O)c2cnc(N)c(Cl)c2)CCCCC1. The molecule has 2 rings (SSSR count). The second-order valence-corrected chi connectivity index (χ2v) is 8.76. The van der Waals surface area contributed by atoms with Gasteiger partial charge < -0.3 is 5.73 Å². The average molecular weight is 350 g/mol. The van der Waals surface area contributed by atoms with Crippen molar-refractivity contribution < 1.29 is 8.42 Å². The molecular formula is C13H20ClN3O2S2. The summed E-state index contributed by atoms with van der Waals surface area (Å²) in [7, 11) is -3.61. The zero-order chi connectivity index (χ0) is 15.5. The minimum Gasteiger partial charge on any atom is -0.382 e. The number of nitrogens with two attached hydrogens (primary N) is 1. The van der Waals surface area contributed by atoms with E-state index in [1.807, 2.05) is 6.26 Å². The Balaban J connectivity index is 2.11. The van der Waals surface area contributed by atoms with Gasteiger partial charge in [-0.05, 0) is 25.2 Å². The molecule has 1 aliphatic carbocycles. The monoisotopic (exact) mass is 349 g/mol. The zero-order valence-corrected chi connectivity index (χ0v) is 14.3. The first-order valence-corrected chi connectivity index (χ1v) is 9.93. The molecule has 5 nitrogen and oxygen atoms in total. The first kappa shape index (κ1) is 16.9. The summed E-state index contributed by atoms with van der Waals surface area (Å²) in [6.45, 7) is 0.429. The van der Waals surface area contributed by atoms with Crippen molar-refractivity contribution >= 4 is 39.2 Å². The second kappa shape index (κ2) is 6.73. The van der Waals surface area contributed by atoms with Gasteiger partial charge in [-0.2, -0.15) is 11.8 Å². The minimum absolute atomic E-state index is 0.00362. The summed E-state index contributed by atoms with van der Waals surface area (Å²) >= 11 is 7.59. The average Bonchev–Trinajstić information content (AvgIpc) is 2.49. The number of nitrogens with zero attached hydrogens (tertiary/aromatic N) is 1. The highest BCUT2D eigenvalue weighted by Gasteiger charge is 2.32. The van der Waals surface area contributed by atoms with E-state index in [0.29, 0.717) is 6.54 Å². The number of anilines is 1. The fraction of sp³-hybridized carbons (Fsp3) is 0.615. The highest BCUT2D eigenvalue weighted by Crippen LogP contribution is 2.38. The van der Waals surface area contributed by atoms with Crippen LogP contribution in [0.2, 0.25) is 5.02 Å². The molecule has 21 heavy (non-hydrogen) atoms. The van der Waals surface area contributed by atoms with Gasteiger partial charge in [0.2, 0.25) is 10.0 Å². The highest BCUT2D eigenvalue weighted by atomic mass is 35.5. The van der Waals surface area contributed by atoms with Crippen LogP contribution in [-0.2, 0) is 10.0 Å². The number of hydrogen-bond acceptors (Lipinski definition) is 5. The van der Waals surface area contributed by atoms with E-state index in [1.165, 1.54) is 18.7 Å². The molecule has 118 valence electrons. The molecule has 1 aliphatic rings. The molecular weight excluding hydrogens is 330 g/mol. The summed E-state index contributed by atoms with van der Waals surface area (Å²) in [5.74, 6) is 0.128. The third-order valence-corrected chi connectivity index (χ3v) is 7.03. The first-order chi connectivity index (χ1) is 9.88. The smallest absolute Gasteiger partial charge is 0.242 e. The van der Waals surface area contributed by atoms with Crippen molar-refractivity contribution in [3.05, 3.63) is 17.3 Å². The lowest BCUT2D eigenvalue weighted by Crippen LogP contribution is -2.41. The van der Waals surface area contributed by atoms with Crippen molar-refractivity contribution in [1.29, 1.82) is 0 Å². The molecule has 0 unspecified atom stereocenters. The van der Waals surface area contributed by atoms with E-state index >= 15 is 0 Å². The second-order valence-electron chi connectivity index (χ2n) is 5.31. The van der Waals surface area contributed by atoms with Crippen molar-refractivity contribution in [3.8, 4) is 0 Å². The fourth-order valence-electron chi connectivity index (χ4n) is 2.54. The van der Waals surface area contributed by atoms with Crippen LogP contribution >= 0.6 is 23.4 Å². The topological polar surface area (TPSA) is 85.1 Å². The maximum absolute atomic E-state index is 12.3. The normalized spacial score (nSPS) is 18.6. The van der Waals surface area contributed by atoms with Crippen LogP contribution < -0.4 is 10.5 Å². The Bertz CT molecular complexity index is 601. The van der Waals surface area contributed by atoms with E-state index in [2.05, 4.69) is 9.71 Å². The maximum Gasteiger partial charge on any atom is 0.242 e. The number of aromatic nitrogens is 1.